The van der Waals surface area contributed by atoms with Crippen molar-refractivity contribution in [3.8, 4) is 0 Å². The van der Waals surface area contributed by atoms with E-state index in [-0.39, 0.29) is 6.15 Å². The van der Waals surface area contributed by atoms with Gasteiger partial charge in [-0.1, -0.05) is 11.1 Å². The zero-order chi connectivity index (χ0) is 5.98. The van der Waals surface area contributed by atoms with Crippen molar-refractivity contribution in [3.05, 3.63) is 11.1 Å². The summed E-state index contributed by atoms with van der Waals surface area (Å²) in [6.45, 7) is 4.45. The molecule has 1 fully saturated rings. The molecular formula is C8H17N. The summed E-state index contributed by atoms with van der Waals surface area (Å²) in [5.74, 6) is 0. The first kappa shape index (κ1) is 8.70. The van der Waals surface area contributed by atoms with Gasteiger partial charge in [-0.25, -0.2) is 0 Å². The molecular weight excluding hydrogens is 110 g/mol. The number of hydrogen-bond acceptors (Lipinski definition) is 1. The van der Waals surface area contributed by atoms with Crippen molar-refractivity contribution in [2.24, 2.45) is 0 Å². The molecule has 0 bridgehead atoms. The van der Waals surface area contributed by atoms with Crippen molar-refractivity contribution in [1.29, 1.82) is 0 Å². The highest BCUT2D eigenvalue weighted by Crippen LogP contribution is 2.26. The van der Waals surface area contributed by atoms with Gasteiger partial charge in [0.15, 0.2) is 0 Å². The quantitative estimate of drug-likeness (QED) is 0.499. The molecule has 0 aromatic heterocycles. The number of rotatable bonds is 0. The summed E-state index contributed by atoms with van der Waals surface area (Å²) in [5.41, 5.74) is 3.27. The predicted molar refractivity (Wildman–Crippen MR) is 41.9 cm³/mol. The van der Waals surface area contributed by atoms with Crippen molar-refractivity contribution in [2.75, 3.05) is 0 Å². The van der Waals surface area contributed by atoms with Crippen LogP contribution in [0.2, 0.25) is 0 Å². The monoisotopic (exact) mass is 127 g/mol. The molecule has 3 N–H and O–H groups in total. The maximum atomic E-state index is 2.22. The van der Waals surface area contributed by atoms with E-state index in [0.29, 0.717) is 0 Å². The fraction of sp³-hybridized carbons (Fsp3) is 0.750. The van der Waals surface area contributed by atoms with Crippen LogP contribution in [0.3, 0.4) is 0 Å². The maximum Gasteiger partial charge on any atom is -0.0318 e. The van der Waals surface area contributed by atoms with E-state index < -0.39 is 0 Å². The van der Waals surface area contributed by atoms with E-state index in [9.17, 15) is 0 Å². The molecule has 0 aromatic rings. The van der Waals surface area contributed by atoms with Crippen LogP contribution in [0.5, 0.6) is 0 Å². The van der Waals surface area contributed by atoms with Gasteiger partial charge in [0.05, 0.1) is 0 Å². The largest absolute Gasteiger partial charge is 0.344 e. The van der Waals surface area contributed by atoms with Crippen LogP contribution in [0.15, 0.2) is 11.1 Å². The molecule has 0 aliphatic heterocycles. The van der Waals surface area contributed by atoms with E-state index in [1.54, 1.807) is 11.1 Å². The highest BCUT2D eigenvalue weighted by molar-refractivity contribution is 5.12. The molecule has 1 aliphatic rings. The van der Waals surface area contributed by atoms with Crippen LogP contribution in [0, 0.1) is 0 Å². The molecule has 0 aromatic carbocycles. The molecule has 1 saturated carbocycles. The minimum atomic E-state index is 0. The SMILES string of the molecule is CC(C)=C1CCCC1.N. The zero-order valence-corrected chi connectivity index (χ0v) is 6.54. The first-order valence-electron chi connectivity index (χ1n) is 3.46. The second kappa shape index (κ2) is 3.67. The molecule has 0 radical (unpaired) electrons. The lowest BCUT2D eigenvalue weighted by Crippen LogP contribution is -1.74. The fourth-order valence-corrected chi connectivity index (χ4v) is 1.30. The summed E-state index contributed by atoms with van der Waals surface area (Å²) in [5, 5.41) is 0. The Kier molecular flexibility index (Phi) is 3.55. The average molecular weight is 127 g/mol. The van der Waals surface area contributed by atoms with Crippen LogP contribution < -0.4 is 6.15 Å². The smallest absolute Gasteiger partial charge is 0.0318 e. The van der Waals surface area contributed by atoms with E-state index in [1.165, 1.54) is 25.7 Å². The van der Waals surface area contributed by atoms with Gasteiger partial charge < -0.3 is 6.15 Å². The van der Waals surface area contributed by atoms with Gasteiger partial charge in [0, 0.05) is 0 Å². The maximum absolute atomic E-state index is 2.22. The van der Waals surface area contributed by atoms with Crippen LogP contribution >= 0.6 is 0 Å². The van der Waals surface area contributed by atoms with Crippen LogP contribution in [-0.4, -0.2) is 0 Å². The van der Waals surface area contributed by atoms with E-state index in [2.05, 4.69) is 13.8 Å². The Balaban J connectivity index is 0.000000640. The van der Waals surface area contributed by atoms with Gasteiger partial charge in [-0.3, -0.25) is 0 Å². The summed E-state index contributed by atoms with van der Waals surface area (Å²) in [6.07, 6.45) is 5.62. The molecule has 0 saturated heterocycles. The zero-order valence-electron chi connectivity index (χ0n) is 6.54. The average Bonchev–Trinajstić information content (AvgIpc) is 2.12. The molecule has 1 rings (SSSR count). The van der Waals surface area contributed by atoms with Crippen molar-refractivity contribution in [1.82, 2.24) is 6.15 Å². The number of allylic oxidation sites excluding steroid dienone is 2. The van der Waals surface area contributed by atoms with Gasteiger partial charge in [-0.2, -0.15) is 0 Å². The lowest BCUT2D eigenvalue weighted by molar-refractivity contribution is 0.886. The van der Waals surface area contributed by atoms with Gasteiger partial charge in [0.1, 0.15) is 0 Å². The molecule has 1 aliphatic carbocycles. The lowest BCUT2D eigenvalue weighted by Gasteiger charge is -1.95. The summed E-state index contributed by atoms with van der Waals surface area (Å²) < 4.78 is 0. The Labute approximate surface area is 57.7 Å². The van der Waals surface area contributed by atoms with Crippen molar-refractivity contribution < 1.29 is 0 Å². The minimum Gasteiger partial charge on any atom is -0.344 e. The first-order chi connectivity index (χ1) is 3.80. The van der Waals surface area contributed by atoms with Gasteiger partial charge in [-0.15, -0.1) is 0 Å². The second-order valence-electron chi connectivity index (χ2n) is 2.81. The molecule has 1 nitrogen and oxygen atoms in total. The summed E-state index contributed by atoms with van der Waals surface area (Å²) in [7, 11) is 0. The van der Waals surface area contributed by atoms with Gasteiger partial charge in [0.25, 0.3) is 0 Å². The summed E-state index contributed by atoms with van der Waals surface area (Å²) in [4.78, 5) is 0. The molecule has 0 atom stereocenters. The molecule has 0 amide bonds. The lowest BCUT2D eigenvalue weighted by atomic mass is 10.1. The molecule has 0 spiro atoms. The van der Waals surface area contributed by atoms with Crippen LogP contribution in [0.25, 0.3) is 0 Å². The number of hydrogen-bond donors (Lipinski definition) is 1. The predicted octanol–water partition coefficient (Wildman–Crippen LogP) is 3.06. The van der Waals surface area contributed by atoms with Crippen molar-refractivity contribution >= 4 is 0 Å². The molecule has 0 unspecified atom stereocenters. The van der Waals surface area contributed by atoms with Crippen LogP contribution in [-0.2, 0) is 0 Å². The molecule has 1 heteroatoms. The van der Waals surface area contributed by atoms with Gasteiger partial charge in [-0.05, 0) is 39.5 Å². The summed E-state index contributed by atoms with van der Waals surface area (Å²) in [6, 6.07) is 0. The Morgan fingerprint density at radius 1 is 1.11 bits per heavy atom. The van der Waals surface area contributed by atoms with Gasteiger partial charge >= 0.3 is 0 Å². The van der Waals surface area contributed by atoms with E-state index in [1.807, 2.05) is 0 Å². The Bertz CT molecular complexity index is 102. The first-order valence-corrected chi connectivity index (χ1v) is 3.46. The van der Waals surface area contributed by atoms with E-state index in [4.69, 9.17) is 0 Å². The van der Waals surface area contributed by atoms with E-state index >= 15 is 0 Å². The molecule has 54 valence electrons. The van der Waals surface area contributed by atoms with Gasteiger partial charge in [0.2, 0.25) is 0 Å². The van der Waals surface area contributed by atoms with Crippen molar-refractivity contribution in [2.45, 2.75) is 39.5 Å². The Hall–Kier alpha value is -0.300. The van der Waals surface area contributed by atoms with Crippen LogP contribution in [0.4, 0.5) is 0 Å². The van der Waals surface area contributed by atoms with Crippen molar-refractivity contribution in [3.63, 3.8) is 0 Å². The topological polar surface area (TPSA) is 35.0 Å². The summed E-state index contributed by atoms with van der Waals surface area (Å²) >= 11 is 0. The van der Waals surface area contributed by atoms with Crippen LogP contribution in [0.1, 0.15) is 39.5 Å². The normalized spacial score (nSPS) is 17.3. The third-order valence-electron chi connectivity index (χ3n) is 1.91. The Morgan fingerprint density at radius 2 is 1.56 bits per heavy atom. The molecule has 9 heavy (non-hydrogen) atoms. The molecule has 0 heterocycles. The third kappa shape index (κ3) is 2.19. The van der Waals surface area contributed by atoms with E-state index in [0.717, 1.165) is 0 Å². The fourth-order valence-electron chi connectivity index (χ4n) is 1.30. The third-order valence-corrected chi connectivity index (χ3v) is 1.91. The minimum absolute atomic E-state index is 0. The Morgan fingerprint density at radius 3 is 1.78 bits per heavy atom. The standard InChI is InChI=1S/C8H14.H3N/c1-7(2)8-5-3-4-6-8;/h3-6H2,1-2H3;1H3. The highest BCUT2D eigenvalue weighted by Gasteiger charge is 2.06. The second-order valence-corrected chi connectivity index (χ2v) is 2.81. The highest BCUT2D eigenvalue weighted by atomic mass is 14.1.